The molecule has 0 atom stereocenters. The Morgan fingerprint density at radius 3 is 2.96 bits per heavy atom. The van der Waals surface area contributed by atoms with Crippen molar-refractivity contribution in [1.29, 1.82) is 0 Å². The summed E-state index contributed by atoms with van der Waals surface area (Å²) in [6, 6.07) is 3.58. The number of ether oxygens (including phenoxy) is 1. The van der Waals surface area contributed by atoms with Crippen molar-refractivity contribution in [2.75, 3.05) is 20.2 Å². The van der Waals surface area contributed by atoms with Crippen LogP contribution in [0.5, 0.6) is 0 Å². The Bertz CT molecular complexity index is 691. The van der Waals surface area contributed by atoms with Gasteiger partial charge in [-0.05, 0) is 32.4 Å². The highest BCUT2D eigenvalue weighted by atomic mass is 16.5. The molecule has 0 aliphatic carbocycles. The number of aromatic nitrogens is 2. The van der Waals surface area contributed by atoms with Crippen LogP contribution in [0, 0.1) is 6.92 Å². The van der Waals surface area contributed by atoms with Gasteiger partial charge in [0.2, 0.25) is 0 Å². The largest absolute Gasteiger partial charge is 0.465 e. The van der Waals surface area contributed by atoms with Gasteiger partial charge in [-0.1, -0.05) is 0 Å². The van der Waals surface area contributed by atoms with Gasteiger partial charge < -0.3 is 19.8 Å². The summed E-state index contributed by atoms with van der Waals surface area (Å²) in [4.78, 5) is 16.1. The summed E-state index contributed by atoms with van der Waals surface area (Å²) in [6.07, 6.45) is 4.64. The predicted molar refractivity (Wildman–Crippen MR) is 94.4 cm³/mol. The molecule has 2 rings (SSSR count). The zero-order valence-corrected chi connectivity index (χ0v) is 14.9. The van der Waals surface area contributed by atoms with Crippen LogP contribution in [-0.2, 0) is 17.8 Å². The number of guanidine groups is 1. The SMILES string of the molecule is CCNC(=NCc1cc(C(=O)OC)c(C)o1)NCCCn1cccn1. The Morgan fingerprint density at radius 1 is 1.44 bits per heavy atom. The van der Waals surface area contributed by atoms with Crippen molar-refractivity contribution in [1.82, 2.24) is 20.4 Å². The highest BCUT2D eigenvalue weighted by molar-refractivity contribution is 5.90. The van der Waals surface area contributed by atoms with Gasteiger partial charge in [0, 0.05) is 32.0 Å². The molecule has 0 amide bonds. The number of furan rings is 1. The zero-order chi connectivity index (χ0) is 18.1. The van der Waals surface area contributed by atoms with Gasteiger partial charge in [0.25, 0.3) is 0 Å². The molecule has 0 saturated carbocycles. The summed E-state index contributed by atoms with van der Waals surface area (Å²) in [6.45, 7) is 6.46. The molecule has 0 aliphatic rings. The molecule has 2 N–H and O–H groups in total. The third kappa shape index (κ3) is 5.66. The first kappa shape index (κ1) is 18.6. The Kier molecular flexibility index (Phi) is 7.06. The Labute approximate surface area is 147 Å². The Balaban J connectivity index is 1.87. The molecule has 0 aromatic carbocycles. The van der Waals surface area contributed by atoms with E-state index in [-0.39, 0.29) is 0 Å². The second-order valence-electron chi connectivity index (χ2n) is 5.42. The molecular formula is C17H25N5O3. The summed E-state index contributed by atoms with van der Waals surface area (Å²) in [5.74, 6) is 1.46. The first-order valence-electron chi connectivity index (χ1n) is 8.31. The fourth-order valence-electron chi connectivity index (χ4n) is 2.31. The number of nitrogens with one attached hydrogen (secondary N) is 2. The molecule has 0 unspecified atom stereocenters. The molecule has 2 aromatic heterocycles. The molecule has 0 bridgehead atoms. The number of esters is 1. The highest BCUT2D eigenvalue weighted by Crippen LogP contribution is 2.16. The number of methoxy groups -OCH3 is 1. The van der Waals surface area contributed by atoms with E-state index < -0.39 is 5.97 Å². The Hall–Kier alpha value is -2.77. The lowest BCUT2D eigenvalue weighted by Crippen LogP contribution is -2.38. The average Bonchev–Trinajstić information content (AvgIpc) is 3.25. The van der Waals surface area contributed by atoms with Crippen molar-refractivity contribution in [2.45, 2.75) is 33.4 Å². The minimum absolute atomic E-state index is 0.340. The minimum Gasteiger partial charge on any atom is -0.465 e. The van der Waals surface area contributed by atoms with Crippen LogP contribution in [-0.4, -0.2) is 41.9 Å². The first-order valence-corrected chi connectivity index (χ1v) is 8.31. The number of aliphatic imine (C=N–C) groups is 1. The van der Waals surface area contributed by atoms with E-state index in [1.807, 2.05) is 23.9 Å². The third-order valence-corrected chi connectivity index (χ3v) is 3.53. The van der Waals surface area contributed by atoms with Gasteiger partial charge in [-0.25, -0.2) is 9.79 Å². The molecule has 25 heavy (non-hydrogen) atoms. The van der Waals surface area contributed by atoms with E-state index in [4.69, 9.17) is 9.15 Å². The van der Waals surface area contributed by atoms with Crippen LogP contribution in [0.3, 0.4) is 0 Å². The third-order valence-electron chi connectivity index (χ3n) is 3.53. The van der Waals surface area contributed by atoms with Crippen molar-refractivity contribution in [3.05, 3.63) is 41.6 Å². The van der Waals surface area contributed by atoms with Crippen molar-refractivity contribution >= 4 is 11.9 Å². The molecule has 8 nitrogen and oxygen atoms in total. The second-order valence-corrected chi connectivity index (χ2v) is 5.42. The van der Waals surface area contributed by atoms with Crippen LogP contribution in [0.4, 0.5) is 0 Å². The van der Waals surface area contributed by atoms with Crippen molar-refractivity contribution in [3.63, 3.8) is 0 Å². The van der Waals surface area contributed by atoms with Crippen LogP contribution in [0.25, 0.3) is 0 Å². The van der Waals surface area contributed by atoms with Gasteiger partial charge >= 0.3 is 5.97 Å². The number of hydrogen-bond donors (Lipinski definition) is 2. The highest BCUT2D eigenvalue weighted by Gasteiger charge is 2.15. The molecule has 0 spiro atoms. The van der Waals surface area contributed by atoms with E-state index in [9.17, 15) is 4.79 Å². The van der Waals surface area contributed by atoms with E-state index in [0.717, 1.165) is 26.1 Å². The van der Waals surface area contributed by atoms with Crippen LogP contribution in [0.1, 0.15) is 35.2 Å². The lowest BCUT2D eigenvalue weighted by molar-refractivity contribution is 0.0599. The average molecular weight is 347 g/mol. The second kappa shape index (κ2) is 9.51. The topological polar surface area (TPSA) is 93.7 Å². The molecule has 2 aromatic rings. The number of aryl methyl sites for hydroxylation is 2. The summed E-state index contributed by atoms with van der Waals surface area (Å²) >= 11 is 0. The fraction of sp³-hybridized carbons (Fsp3) is 0.471. The van der Waals surface area contributed by atoms with Gasteiger partial charge in [0.15, 0.2) is 5.96 Å². The maximum atomic E-state index is 11.6. The van der Waals surface area contributed by atoms with Crippen LogP contribution >= 0.6 is 0 Å². The monoisotopic (exact) mass is 347 g/mol. The van der Waals surface area contributed by atoms with E-state index >= 15 is 0 Å². The predicted octanol–water partition coefficient (Wildman–Crippen LogP) is 1.72. The molecular weight excluding hydrogens is 322 g/mol. The molecule has 0 radical (unpaired) electrons. The number of rotatable bonds is 8. The zero-order valence-electron chi connectivity index (χ0n) is 14.9. The lowest BCUT2D eigenvalue weighted by atomic mass is 10.2. The standard InChI is InChI=1S/C17H25N5O3/c1-4-18-17(19-7-5-9-22-10-6-8-21-22)20-12-14-11-15(13(2)25-14)16(23)24-3/h6,8,10-11H,4-5,7,9,12H2,1-3H3,(H2,18,19,20). The van der Waals surface area contributed by atoms with Gasteiger partial charge in [-0.2, -0.15) is 5.10 Å². The van der Waals surface area contributed by atoms with Crippen LogP contribution in [0.15, 0.2) is 33.9 Å². The molecule has 2 heterocycles. The molecule has 0 saturated heterocycles. The van der Waals surface area contributed by atoms with Crippen LogP contribution in [0.2, 0.25) is 0 Å². The normalized spacial score (nSPS) is 11.4. The van der Waals surface area contributed by atoms with E-state index in [0.29, 0.717) is 29.6 Å². The van der Waals surface area contributed by atoms with Gasteiger partial charge in [-0.15, -0.1) is 0 Å². The number of carbonyl (C=O) groups is 1. The maximum Gasteiger partial charge on any atom is 0.341 e. The van der Waals surface area contributed by atoms with Crippen LogP contribution < -0.4 is 10.6 Å². The number of hydrogen-bond acceptors (Lipinski definition) is 5. The van der Waals surface area contributed by atoms with Gasteiger partial charge in [-0.3, -0.25) is 4.68 Å². The van der Waals surface area contributed by atoms with Crippen molar-refractivity contribution in [3.8, 4) is 0 Å². The number of carbonyl (C=O) groups excluding carboxylic acids is 1. The lowest BCUT2D eigenvalue weighted by Gasteiger charge is -2.10. The van der Waals surface area contributed by atoms with E-state index in [2.05, 4.69) is 20.7 Å². The van der Waals surface area contributed by atoms with Gasteiger partial charge in [0.05, 0.1) is 7.11 Å². The minimum atomic E-state index is -0.403. The quantitative estimate of drug-likeness (QED) is 0.327. The smallest absolute Gasteiger partial charge is 0.341 e. The summed E-state index contributed by atoms with van der Waals surface area (Å²) in [7, 11) is 1.35. The maximum absolute atomic E-state index is 11.6. The molecule has 0 fully saturated rings. The van der Waals surface area contributed by atoms with Crippen molar-refractivity contribution in [2.24, 2.45) is 4.99 Å². The molecule has 8 heteroatoms. The summed E-state index contributed by atoms with van der Waals surface area (Å²) < 4.78 is 12.2. The van der Waals surface area contributed by atoms with Crippen molar-refractivity contribution < 1.29 is 13.9 Å². The first-order chi connectivity index (χ1) is 12.1. The van der Waals surface area contributed by atoms with E-state index in [1.165, 1.54) is 7.11 Å². The van der Waals surface area contributed by atoms with Gasteiger partial charge in [0.1, 0.15) is 23.6 Å². The van der Waals surface area contributed by atoms with E-state index in [1.54, 1.807) is 19.2 Å². The molecule has 136 valence electrons. The Morgan fingerprint density at radius 2 is 2.28 bits per heavy atom. The molecule has 0 aliphatic heterocycles. The summed E-state index contributed by atoms with van der Waals surface area (Å²) in [5, 5.41) is 10.6. The number of nitrogens with zero attached hydrogens (tertiary/aromatic N) is 3. The summed E-state index contributed by atoms with van der Waals surface area (Å²) in [5.41, 5.74) is 0.435. The fourth-order valence-corrected chi connectivity index (χ4v) is 2.31.